The molecule has 46 nitrogen and oxygen atoms in total. The zero-order chi connectivity index (χ0) is 106. The second-order valence-corrected chi connectivity index (χ2v) is 41.7. The summed E-state index contributed by atoms with van der Waals surface area (Å²) in [7, 11) is -3.05. The van der Waals surface area contributed by atoms with E-state index in [0.717, 1.165) is 62.6 Å². The topological polar surface area (TPSA) is 580 Å². The van der Waals surface area contributed by atoms with Crippen molar-refractivity contribution in [2.45, 2.75) is 179 Å². The maximum Gasteiger partial charge on any atom is 0.410 e. The number of ether oxygens (including phenoxy) is 15. The summed E-state index contributed by atoms with van der Waals surface area (Å²) >= 11 is 1.38. The average molecular weight is 2120 g/mol. The van der Waals surface area contributed by atoms with Gasteiger partial charge in [0.05, 0.1) is 218 Å². The Balaban J connectivity index is 0.554. The first-order valence-corrected chi connectivity index (χ1v) is 52.6. The van der Waals surface area contributed by atoms with Gasteiger partial charge in [-0.15, -0.1) is 5.10 Å². The Morgan fingerprint density at radius 1 is 0.631 bits per heavy atom. The van der Waals surface area contributed by atoms with Gasteiger partial charge in [-0.3, -0.25) is 48.2 Å². The number of carboxylic acid groups (broad SMARTS) is 2. The van der Waals surface area contributed by atoms with Crippen molar-refractivity contribution in [1.82, 2.24) is 55.2 Å². The van der Waals surface area contributed by atoms with E-state index < -0.39 is 143 Å². The first-order valence-electron chi connectivity index (χ1n) is 50.1. The number of aromatic nitrogens is 7. The number of thiazole rings is 1. The second-order valence-electron chi connectivity index (χ2n) is 39.1. The van der Waals surface area contributed by atoms with E-state index >= 15 is 0 Å². The zero-order valence-corrected chi connectivity index (χ0v) is 86.4. The van der Waals surface area contributed by atoms with Crippen LogP contribution in [0.4, 0.5) is 21.4 Å². The molecule has 0 radical (unpaired) electrons. The maximum atomic E-state index is 14.5. The number of fused-ring (bicyclic) bond motifs is 2. The largest absolute Gasteiger partial charge is 0.479 e. The van der Waals surface area contributed by atoms with E-state index in [1.807, 2.05) is 52.2 Å². The highest BCUT2D eigenvalue weighted by Gasteiger charge is 2.66. The van der Waals surface area contributed by atoms with Crippen LogP contribution in [0, 0.1) is 22.2 Å². The lowest BCUT2D eigenvalue weighted by Crippen LogP contribution is -2.64. The lowest BCUT2D eigenvalue weighted by Gasteiger charge is -2.69. The fourth-order valence-electron chi connectivity index (χ4n) is 20.9. The van der Waals surface area contributed by atoms with Crippen molar-refractivity contribution in [3.05, 3.63) is 143 Å². The number of carbonyl (C=O) groups excluding carboxylic acids is 7. The minimum atomic E-state index is -4.67. The lowest BCUT2D eigenvalue weighted by molar-refractivity contribution is -0.248. The first kappa shape index (κ1) is 115. The van der Waals surface area contributed by atoms with Gasteiger partial charge in [-0.1, -0.05) is 74.6 Å². The number of methoxy groups -OCH3 is 1. The van der Waals surface area contributed by atoms with E-state index in [-0.39, 0.29) is 97.1 Å². The van der Waals surface area contributed by atoms with Crippen molar-refractivity contribution in [2.75, 3.05) is 207 Å². The number of aryl methyl sites for hydroxylation is 1. The van der Waals surface area contributed by atoms with Crippen molar-refractivity contribution in [1.29, 1.82) is 0 Å². The number of para-hydroxylation sites is 1. The van der Waals surface area contributed by atoms with Crippen molar-refractivity contribution in [2.24, 2.45) is 22.2 Å². The molecule has 7 aromatic rings. The summed E-state index contributed by atoms with van der Waals surface area (Å²) in [6, 6.07) is 17.3. The van der Waals surface area contributed by atoms with Gasteiger partial charge in [-0.2, -0.15) is 13.5 Å². The number of imide groups is 1. The van der Waals surface area contributed by atoms with Crippen LogP contribution in [0.25, 0.3) is 21.3 Å². The van der Waals surface area contributed by atoms with Crippen molar-refractivity contribution in [3.8, 4) is 11.1 Å². The Bertz CT molecular complexity index is 5720. The van der Waals surface area contributed by atoms with Crippen molar-refractivity contribution in [3.63, 3.8) is 0 Å². The number of carboxylic acids is 2. The number of hydrogen-bond donors (Lipinski definition) is 10. The van der Waals surface area contributed by atoms with E-state index in [1.54, 1.807) is 45.4 Å². The number of aromatic carboxylic acids is 1. The quantitative estimate of drug-likeness (QED) is 0.0125. The standard InChI is InChI=1S/C101H138N14O32S2/c1-66(2)85(107-82(116)53-78(115-83(117)20-21-84(115)118)77-57-113(110-109-77)25-27-134-31-32-136-35-36-138-39-40-140-43-44-142-47-48-144-50-49-143-46-45-141-42-41-139-38-37-137-34-33-135-30-29-133-6)93(124)103-67(3)91(122)104-72-16-14-70(69(52-72)15-18-79-87(119)88(120)89(121)90(147-79)95(127)128)58-145-97(129)111(26-51-149(130,131)132)24-28-146-101-62-98(4)59-99(5,63-101)61-100(60-98,64-101)65-114-55-71(54-102-114)73-17-19-81(106-86(73)94(125)126)112-23-22-68-10-9-11-74(75(68)56-112)92(123)108-96-105-76-12-7-8-13-80(76)148-96/h7-14,16-17,19-21,52,54-55,57,66-67,78-79,85,87-90,119-121H,15,18,22-51,53,56,58-65H2,1-6H3,(H,103,124)(H,104,122)(H,107,116)(H,125,126)(H,127,128)(H,105,108,123)(H,130,131,132)/t67-,78+,79-,85-,87-,88+,89-,90-,98?,99?,100?,101?/m0/s1. The van der Waals surface area contributed by atoms with Crippen LogP contribution in [-0.4, -0.2) is 376 Å². The maximum absolute atomic E-state index is 14.5. The summed E-state index contributed by atoms with van der Waals surface area (Å²) < 4.78 is 123. The van der Waals surface area contributed by atoms with Crippen LogP contribution in [0.15, 0.2) is 104 Å². The molecule has 4 bridgehead atoms. The summed E-state index contributed by atoms with van der Waals surface area (Å²) in [6.45, 7) is 18.6. The fraction of sp³-hybridized carbons (Fsp3) is 0.604. The Morgan fingerprint density at radius 3 is 1.82 bits per heavy atom. The van der Waals surface area contributed by atoms with Gasteiger partial charge in [0.25, 0.3) is 27.8 Å². The normalized spacial score (nSPS) is 21.5. The number of aliphatic hydroxyl groups is 3. The Kier molecular flexibility index (Phi) is 42.8. The number of nitrogens with one attached hydrogen (secondary N) is 4. The number of carbonyl (C=O) groups is 9. The van der Waals surface area contributed by atoms with E-state index in [0.29, 0.717) is 211 Å². The molecule has 816 valence electrons. The molecule has 7 aliphatic rings. The Labute approximate surface area is 867 Å². The third-order valence-corrected chi connectivity index (χ3v) is 28.4. The van der Waals surface area contributed by atoms with Crippen LogP contribution in [0.3, 0.4) is 0 Å². The number of amides is 7. The minimum Gasteiger partial charge on any atom is -0.479 e. The Morgan fingerprint density at radius 2 is 1.23 bits per heavy atom. The molecule has 48 heteroatoms. The molecule has 10 atom stereocenters. The number of benzene rings is 3. The predicted octanol–water partition coefficient (Wildman–Crippen LogP) is 5.66. The van der Waals surface area contributed by atoms with Gasteiger partial charge >= 0.3 is 18.0 Å². The number of aliphatic carboxylic acids is 1. The number of pyridine rings is 1. The summed E-state index contributed by atoms with van der Waals surface area (Å²) in [5.41, 5.74) is 3.04. The number of rotatable bonds is 66. The molecule has 3 aliphatic heterocycles. The molecule has 4 aliphatic carbocycles. The van der Waals surface area contributed by atoms with Gasteiger partial charge in [0.15, 0.2) is 16.9 Å². The Hall–Kier alpha value is -10.9. The summed E-state index contributed by atoms with van der Waals surface area (Å²) in [6.07, 6.45) is 1.08. The molecular weight excluding hydrogens is 1990 g/mol. The molecule has 2 unspecified atom stereocenters. The van der Waals surface area contributed by atoms with E-state index in [9.17, 15) is 81.7 Å². The molecule has 149 heavy (non-hydrogen) atoms. The number of anilines is 3. The number of aliphatic hydroxyl groups excluding tert-OH is 3. The molecule has 0 spiro atoms. The molecule has 5 fully saturated rings. The van der Waals surface area contributed by atoms with Crippen LogP contribution in [0.5, 0.6) is 0 Å². The van der Waals surface area contributed by atoms with Crippen LogP contribution >= 0.6 is 11.3 Å². The van der Waals surface area contributed by atoms with Crippen molar-refractivity contribution < 1.29 is 153 Å². The van der Waals surface area contributed by atoms with Crippen molar-refractivity contribution >= 4 is 102 Å². The third kappa shape index (κ3) is 33.5. The molecule has 1 saturated heterocycles. The van der Waals surface area contributed by atoms with Crippen LogP contribution in [-0.2, 0) is 149 Å². The van der Waals surface area contributed by atoms with Gasteiger partial charge < -0.3 is 122 Å². The van der Waals surface area contributed by atoms with Gasteiger partial charge in [0, 0.05) is 80.6 Å². The molecule has 14 rings (SSSR count). The molecule has 7 amide bonds. The van der Waals surface area contributed by atoms with E-state index in [2.05, 4.69) is 50.4 Å². The minimum absolute atomic E-state index is 0.0783. The zero-order valence-electron chi connectivity index (χ0n) is 84.8. The second kappa shape index (κ2) is 55.4. The van der Waals surface area contributed by atoms with Crippen LogP contribution < -0.4 is 26.2 Å². The highest BCUT2D eigenvalue weighted by molar-refractivity contribution is 7.85. The van der Waals surface area contributed by atoms with E-state index in [1.165, 1.54) is 47.3 Å². The van der Waals surface area contributed by atoms with Gasteiger partial charge in [-0.05, 0) is 152 Å². The smallest absolute Gasteiger partial charge is 0.410 e. The van der Waals surface area contributed by atoms with Gasteiger partial charge in [0.2, 0.25) is 17.7 Å². The molecule has 4 aromatic heterocycles. The van der Waals surface area contributed by atoms with Gasteiger partial charge in [0.1, 0.15) is 48.5 Å². The first-order chi connectivity index (χ1) is 71.6. The lowest BCUT2D eigenvalue weighted by atomic mass is 9.39. The third-order valence-electron chi connectivity index (χ3n) is 26.7. The van der Waals surface area contributed by atoms with Crippen LogP contribution in [0.1, 0.15) is 141 Å². The fourth-order valence-corrected chi connectivity index (χ4v) is 22.2. The summed E-state index contributed by atoms with van der Waals surface area (Å²) in [5.74, 6) is -8.02. The number of nitrogens with zero attached hydrogens (tertiary/aromatic N) is 10. The summed E-state index contributed by atoms with van der Waals surface area (Å²) in [4.78, 5) is 136. The molecule has 3 aromatic carbocycles. The average Bonchev–Trinajstić information content (AvgIpc) is 1.17. The summed E-state index contributed by atoms with van der Waals surface area (Å²) in [5, 5.41) is 77.8. The number of hydrogen-bond acceptors (Lipinski definition) is 36. The monoisotopic (exact) mass is 2120 g/mol. The highest BCUT2D eigenvalue weighted by atomic mass is 32.2. The molecular formula is C101H138N14O32S2. The highest BCUT2D eigenvalue weighted by Crippen LogP contribution is 2.72. The van der Waals surface area contributed by atoms with Crippen LogP contribution in [0.2, 0.25) is 0 Å². The molecule has 7 heterocycles. The predicted molar refractivity (Wildman–Crippen MR) is 536 cm³/mol. The van der Waals surface area contributed by atoms with E-state index in [4.69, 9.17) is 81.1 Å². The molecule has 4 saturated carbocycles. The SMILES string of the molecule is COCCOCCOCCOCCOCCOCCOCCOCCOCCOCCOCCOCCn1cc([C@@H](CC(=O)N[C@H](C(=O)N[C@@H](C)C(=O)Nc2ccc(COC(=O)N(CCOC34CC5(C)CC(C)(CC(Cn6cc(-c7ccc(N8CCc9cccc(C(=O)Nc%10nc%11ccccc%11s%10)c9C8)nc7C(=O)O)cn6)(C5)C3)C4)CCS(=O)(=O)O)c(CC[C@@H]3O[C@H](C(=O)O)[C@@H](O)[C@H](O)[C@H]3O)c2)C(C)C)N2C(=O)C=CC2=O)nn1. The molecule has 10 N–H and O–H groups in total. The van der Waals surface area contributed by atoms with Gasteiger partial charge in [-0.25, -0.2) is 29.0 Å².